The Morgan fingerprint density at radius 2 is 1.84 bits per heavy atom. The summed E-state index contributed by atoms with van der Waals surface area (Å²) in [6.45, 7) is 5.23. The maximum absolute atomic E-state index is 12.2. The van der Waals surface area contributed by atoms with Gasteiger partial charge in [-0.25, -0.2) is 0 Å². The summed E-state index contributed by atoms with van der Waals surface area (Å²) >= 11 is 0. The van der Waals surface area contributed by atoms with Crippen LogP contribution in [0.5, 0.6) is 0 Å². The van der Waals surface area contributed by atoms with Gasteiger partial charge in [0.05, 0.1) is 6.54 Å². The summed E-state index contributed by atoms with van der Waals surface area (Å²) in [6.07, 6.45) is 3.92. The first-order chi connectivity index (χ1) is 9.33. The molecule has 19 heavy (non-hydrogen) atoms. The third-order valence-electron chi connectivity index (χ3n) is 4.37. The molecule has 0 radical (unpaired) electrons. The van der Waals surface area contributed by atoms with E-state index < -0.39 is 0 Å². The zero-order valence-electron chi connectivity index (χ0n) is 11.4. The highest BCUT2D eigenvalue weighted by Crippen LogP contribution is 2.20. The Hall–Kier alpha value is -1.19. The Bertz CT molecular complexity index is 426. The molecular formula is C16H22N2O. The van der Waals surface area contributed by atoms with Crippen LogP contribution in [0.4, 0.5) is 0 Å². The predicted octanol–water partition coefficient (Wildman–Crippen LogP) is 2.04. The van der Waals surface area contributed by atoms with Gasteiger partial charge in [-0.05, 0) is 32.4 Å². The molecule has 2 heterocycles. The van der Waals surface area contributed by atoms with E-state index in [9.17, 15) is 4.79 Å². The van der Waals surface area contributed by atoms with Gasteiger partial charge in [0.25, 0.3) is 0 Å². The van der Waals surface area contributed by atoms with Crippen molar-refractivity contribution >= 4 is 5.78 Å². The lowest BCUT2D eigenvalue weighted by Gasteiger charge is -2.23. The van der Waals surface area contributed by atoms with E-state index in [-0.39, 0.29) is 5.78 Å². The number of carbonyl (C=O) groups excluding carboxylic acids is 1. The maximum atomic E-state index is 12.2. The third kappa shape index (κ3) is 3.04. The second-order valence-electron chi connectivity index (χ2n) is 5.71. The molecule has 2 aliphatic rings. The fourth-order valence-electron chi connectivity index (χ4n) is 3.28. The molecule has 0 bridgehead atoms. The second kappa shape index (κ2) is 5.85. The molecule has 0 spiro atoms. The van der Waals surface area contributed by atoms with Crippen molar-refractivity contribution in [3.8, 4) is 0 Å². The molecule has 2 fully saturated rings. The highest BCUT2D eigenvalue weighted by molar-refractivity contribution is 5.97. The van der Waals surface area contributed by atoms with Crippen molar-refractivity contribution in [3.05, 3.63) is 35.9 Å². The zero-order valence-corrected chi connectivity index (χ0v) is 11.4. The fraction of sp³-hybridized carbons (Fsp3) is 0.562. The van der Waals surface area contributed by atoms with E-state index >= 15 is 0 Å². The molecule has 0 aliphatic carbocycles. The minimum absolute atomic E-state index is 0.252. The van der Waals surface area contributed by atoms with Gasteiger partial charge in [0.2, 0.25) is 0 Å². The molecule has 1 aromatic rings. The van der Waals surface area contributed by atoms with E-state index in [0.29, 0.717) is 12.6 Å². The summed E-state index contributed by atoms with van der Waals surface area (Å²) in [6, 6.07) is 10.3. The minimum atomic E-state index is 0.252. The van der Waals surface area contributed by atoms with Crippen molar-refractivity contribution in [1.82, 2.24) is 9.80 Å². The molecule has 1 unspecified atom stereocenters. The van der Waals surface area contributed by atoms with Crippen molar-refractivity contribution in [2.75, 3.05) is 32.7 Å². The molecule has 1 aromatic carbocycles. The van der Waals surface area contributed by atoms with Gasteiger partial charge in [-0.3, -0.25) is 14.6 Å². The van der Waals surface area contributed by atoms with Crippen molar-refractivity contribution in [1.29, 1.82) is 0 Å². The summed E-state index contributed by atoms with van der Waals surface area (Å²) < 4.78 is 0. The average Bonchev–Trinajstić information content (AvgIpc) is 3.10. The van der Waals surface area contributed by atoms with Crippen molar-refractivity contribution < 1.29 is 4.79 Å². The van der Waals surface area contributed by atoms with Crippen molar-refractivity contribution in [2.45, 2.75) is 25.3 Å². The molecule has 102 valence electrons. The largest absolute Gasteiger partial charge is 0.299 e. The first kappa shape index (κ1) is 12.8. The van der Waals surface area contributed by atoms with Crippen LogP contribution in [0.1, 0.15) is 29.6 Å². The van der Waals surface area contributed by atoms with Gasteiger partial charge in [-0.2, -0.15) is 0 Å². The highest BCUT2D eigenvalue weighted by atomic mass is 16.1. The summed E-state index contributed by atoms with van der Waals surface area (Å²) in [4.78, 5) is 17.1. The first-order valence-corrected chi connectivity index (χ1v) is 7.37. The summed E-state index contributed by atoms with van der Waals surface area (Å²) in [5.74, 6) is 0.252. The highest BCUT2D eigenvalue weighted by Gasteiger charge is 2.29. The van der Waals surface area contributed by atoms with Crippen LogP contribution in [0, 0.1) is 0 Å². The SMILES string of the molecule is O=C(CN1CCC(N2CCCC2)C1)c1ccccc1. The minimum Gasteiger partial charge on any atom is -0.299 e. The van der Waals surface area contributed by atoms with E-state index in [4.69, 9.17) is 0 Å². The van der Waals surface area contributed by atoms with Crippen LogP contribution >= 0.6 is 0 Å². The normalized spacial score (nSPS) is 24.9. The second-order valence-corrected chi connectivity index (χ2v) is 5.71. The molecule has 2 aliphatic heterocycles. The van der Waals surface area contributed by atoms with E-state index in [1.165, 1.54) is 32.4 Å². The molecule has 0 saturated carbocycles. The number of ketones is 1. The Labute approximate surface area is 115 Å². The van der Waals surface area contributed by atoms with Crippen LogP contribution in [-0.4, -0.2) is 54.3 Å². The van der Waals surface area contributed by atoms with Gasteiger partial charge in [-0.1, -0.05) is 30.3 Å². The number of hydrogen-bond acceptors (Lipinski definition) is 3. The van der Waals surface area contributed by atoms with Gasteiger partial charge in [0.15, 0.2) is 5.78 Å². The lowest BCUT2D eigenvalue weighted by atomic mass is 10.1. The molecule has 0 aromatic heterocycles. The zero-order chi connectivity index (χ0) is 13.1. The molecule has 3 rings (SSSR count). The Balaban J connectivity index is 1.53. The molecule has 0 amide bonds. The van der Waals surface area contributed by atoms with Gasteiger partial charge in [0, 0.05) is 24.7 Å². The molecular weight excluding hydrogens is 236 g/mol. The van der Waals surface area contributed by atoms with E-state index in [2.05, 4.69) is 9.80 Å². The van der Waals surface area contributed by atoms with Crippen LogP contribution in [0.2, 0.25) is 0 Å². The van der Waals surface area contributed by atoms with E-state index in [1.807, 2.05) is 30.3 Å². The van der Waals surface area contributed by atoms with Gasteiger partial charge in [0.1, 0.15) is 0 Å². The van der Waals surface area contributed by atoms with E-state index in [0.717, 1.165) is 18.7 Å². The van der Waals surface area contributed by atoms with Gasteiger partial charge >= 0.3 is 0 Å². The van der Waals surface area contributed by atoms with Crippen LogP contribution in [0.15, 0.2) is 30.3 Å². The molecule has 0 N–H and O–H groups in total. The number of rotatable bonds is 4. The summed E-state index contributed by atoms with van der Waals surface area (Å²) in [7, 11) is 0. The molecule has 3 nitrogen and oxygen atoms in total. The predicted molar refractivity (Wildman–Crippen MR) is 76.4 cm³/mol. The van der Waals surface area contributed by atoms with Crippen LogP contribution < -0.4 is 0 Å². The summed E-state index contributed by atoms with van der Waals surface area (Å²) in [5, 5.41) is 0. The Morgan fingerprint density at radius 3 is 2.58 bits per heavy atom. The lowest BCUT2D eigenvalue weighted by molar-refractivity contribution is 0.0940. The number of nitrogens with zero attached hydrogens (tertiary/aromatic N) is 2. The standard InChI is InChI=1S/C16H22N2O/c19-16(14-6-2-1-3-7-14)13-17-11-8-15(12-17)18-9-4-5-10-18/h1-3,6-7,15H,4-5,8-13H2. The molecule has 2 saturated heterocycles. The average molecular weight is 258 g/mol. The van der Waals surface area contributed by atoms with Crippen LogP contribution in [-0.2, 0) is 0 Å². The Kier molecular flexibility index (Phi) is 3.95. The number of hydrogen-bond donors (Lipinski definition) is 0. The quantitative estimate of drug-likeness (QED) is 0.772. The fourth-order valence-corrected chi connectivity index (χ4v) is 3.28. The Morgan fingerprint density at radius 1 is 1.11 bits per heavy atom. The summed E-state index contributed by atoms with van der Waals surface area (Å²) in [5.41, 5.74) is 0.840. The van der Waals surface area contributed by atoms with Gasteiger partial charge in [-0.15, -0.1) is 0 Å². The van der Waals surface area contributed by atoms with Crippen LogP contribution in [0.3, 0.4) is 0 Å². The van der Waals surface area contributed by atoms with Crippen LogP contribution in [0.25, 0.3) is 0 Å². The van der Waals surface area contributed by atoms with E-state index in [1.54, 1.807) is 0 Å². The third-order valence-corrected chi connectivity index (χ3v) is 4.37. The number of benzene rings is 1. The first-order valence-electron chi connectivity index (χ1n) is 7.37. The van der Waals surface area contributed by atoms with Gasteiger partial charge < -0.3 is 0 Å². The molecule has 3 heteroatoms. The topological polar surface area (TPSA) is 23.6 Å². The number of Topliss-reactive ketones (excluding diaryl/α,β-unsaturated/α-hetero) is 1. The smallest absolute Gasteiger partial charge is 0.176 e. The van der Waals surface area contributed by atoms with Crippen molar-refractivity contribution in [2.24, 2.45) is 0 Å². The number of carbonyl (C=O) groups is 1. The lowest BCUT2D eigenvalue weighted by Crippen LogP contribution is -2.36. The monoisotopic (exact) mass is 258 g/mol. The molecule has 1 atom stereocenters. The van der Waals surface area contributed by atoms with Crippen molar-refractivity contribution in [3.63, 3.8) is 0 Å². The number of likely N-dealkylation sites (tertiary alicyclic amines) is 2. The maximum Gasteiger partial charge on any atom is 0.176 e.